The van der Waals surface area contributed by atoms with Crippen molar-refractivity contribution in [3.8, 4) is 11.5 Å². The smallest absolute Gasteiger partial charge is 0.321 e. The summed E-state index contributed by atoms with van der Waals surface area (Å²) >= 11 is 0. The van der Waals surface area contributed by atoms with E-state index in [0.717, 1.165) is 11.3 Å². The second kappa shape index (κ2) is 6.60. The van der Waals surface area contributed by atoms with Gasteiger partial charge in [-0.15, -0.1) is 0 Å². The van der Waals surface area contributed by atoms with Gasteiger partial charge in [-0.1, -0.05) is 54.5 Å². The highest BCUT2D eigenvalue weighted by Crippen LogP contribution is 2.35. The highest BCUT2D eigenvalue weighted by atomic mass is 33.1. The maximum atomic E-state index is 12.1. The van der Waals surface area contributed by atoms with Gasteiger partial charge in [0.15, 0.2) is 11.5 Å². The van der Waals surface area contributed by atoms with E-state index in [4.69, 9.17) is 0 Å². The first-order valence-corrected chi connectivity index (χ1v) is 9.87. The summed E-state index contributed by atoms with van der Waals surface area (Å²) in [6.45, 7) is 7.14. The predicted molar refractivity (Wildman–Crippen MR) is 101 cm³/mol. The minimum atomic E-state index is -0.643. The van der Waals surface area contributed by atoms with Crippen molar-refractivity contribution >= 4 is 32.6 Å². The van der Waals surface area contributed by atoms with Crippen LogP contribution >= 0.6 is 21.6 Å². The first kappa shape index (κ1) is 17.0. The molecule has 1 aromatic rings. The summed E-state index contributed by atoms with van der Waals surface area (Å²) in [5, 5.41) is 0. The lowest BCUT2D eigenvalue weighted by Crippen LogP contribution is -2.29. The predicted octanol–water partition coefficient (Wildman–Crippen LogP) is 2.76. The van der Waals surface area contributed by atoms with Crippen molar-refractivity contribution in [2.45, 2.75) is 32.1 Å². The minimum Gasteiger partial charge on any atom is -0.321 e. The Labute approximate surface area is 146 Å². The van der Waals surface area contributed by atoms with Crippen molar-refractivity contribution < 1.29 is 0 Å². The number of nitrogens with zero attached hydrogens (tertiary/aromatic N) is 3. The molecule has 2 heterocycles. The molecule has 0 saturated carbocycles. The standard InChI is InChI=1S/C16H18N4O2S2/c1-16(2,3)24-23-9-8-20-11-7-5-4-6-10(11)17-12-13(20)18-15(22)19-14(12)21/h4-7H,8-9H2,1-3H3,(H,19,21,22). The molecule has 0 aliphatic carbocycles. The van der Waals surface area contributed by atoms with E-state index in [0.29, 0.717) is 17.9 Å². The lowest BCUT2D eigenvalue weighted by atomic mass is 10.2. The summed E-state index contributed by atoms with van der Waals surface area (Å²) in [6, 6.07) is 7.57. The van der Waals surface area contributed by atoms with Crippen LogP contribution in [0.3, 0.4) is 0 Å². The summed E-state index contributed by atoms with van der Waals surface area (Å²) in [7, 11) is 3.57. The molecule has 1 aromatic carbocycles. The number of rotatable bonds is 4. The fourth-order valence-corrected chi connectivity index (χ4v) is 4.55. The summed E-state index contributed by atoms with van der Waals surface area (Å²) in [6.07, 6.45) is 0. The molecule has 2 aliphatic rings. The Morgan fingerprint density at radius 2 is 1.92 bits per heavy atom. The highest BCUT2D eigenvalue weighted by Gasteiger charge is 2.18. The van der Waals surface area contributed by atoms with Crippen molar-refractivity contribution in [1.29, 1.82) is 0 Å². The third kappa shape index (κ3) is 3.64. The lowest BCUT2D eigenvalue weighted by Gasteiger charge is -2.18. The molecule has 0 radical (unpaired) electrons. The number of benzene rings is 1. The van der Waals surface area contributed by atoms with E-state index in [9.17, 15) is 9.59 Å². The Morgan fingerprint density at radius 1 is 1.17 bits per heavy atom. The second-order valence-electron chi connectivity index (χ2n) is 6.31. The first-order valence-electron chi connectivity index (χ1n) is 7.55. The van der Waals surface area contributed by atoms with E-state index < -0.39 is 11.2 Å². The zero-order valence-electron chi connectivity index (χ0n) is 13.7. The topological polar surface area (TPSA) is 80.6 Å². The minimum absolute atomic E-state index is 0.176. The van der Waals surface area contributed by atoms with Crippen LogP contribution in [0.4, 0.5) is 0 Å². The maximum absolute atomic E-state index is 12.1. The monoisotopic (exact) mass is 362 g/mol. The van der Waals surface area contributed by atoms with Gasteiger partial charge in [-0.2, -0.15) is 4.98 Å². The van der Waals surface area contributed by atoms with Crippen LogP contribution in [0, 0.1) is 0 Å². The summed E-state index contributed by atoms with van der Waals surface area (Å²) in [5.41, 5.74) is 0.631. The number of aryl methyl sites for hydroxylation is 1. The number of aromatic amines is 1. The molecule has 6 nitrogen and oxygen atoms in total. The molecule has 0 aromatic heterocycles. The molecule has 0 spiro atoms. The highest BCUT2D eigenvalue weighted by molar-refractivity contribution is 8.77. The fraction of sp³-hybridized carbons (Fsp3) is 0.375. The molecule has 1 N–H and O–H groups in total. The average Bonchev–Trinajstić information content (AvgIpc) is 2.50. The number of hydrogen-bond donors (Lipinski definition) is 1. The molecule has 0 unspecified atom stereocenters. The van der Waals surface area contributed by atoms with Crippen LogP contribution in [0.1, 0.15) is 20.8 Å². The van der Waals surface area contributed by atoms with Crippen LogP contribution in [-0.2, 0) is 6.54 Å². The van der Waals surface area contributed by atoms with Gasteiger partial charge in [0, 0.05) is 17.0 Å². The molecule has 24 heavy (non-hydrogen) atoms. The Bertz CT molecular complexity index is 959. The Balaban J connectivity index is 2.05. The van der Waals surface area contributed by atoms with Gasteiger partial charge >= 0.3 is 5.69 Å². The number of nitrogens with one attached hydrogen (secondary N) is 1. The molecular formula is C16H18N4O2S2. The SMILES string of the molecule is CC(C)(C)SSCCn1c2nc(=O)[nH]c(=O)c-2nc2ccccc21. The van der Waals surface area contributed by atoms with Crippen molar-refractivity contribution in [1.82, 2.24) is 19.5 Å². The molecule has 2 aliphatic heterocycles. The zero-order chi connectivity index (χ0) is 17.3. The van der Waals surface area contributed by atoms with E-state index in [-0.39, 0.29) is 10.4 Å². The second-order valence-corrected chi connectivity index (χ2v) is 9.56. The summed E-state index contributed by atoms with van der Waals surface area (Å²) < 4.78 is 2.08. The third-order valence-corrected chi connectivity index (χ3v) is 6.54. The van der Waals surface area contributed by atoms with Crippen LogP contribution in [0.25, 0.3) is 22.6 Å². The van der Waals surface area contributed by atoms with E-state index in [2.05, 4.69) is 35.7 Å². The Kier molecular flexibility index (Phi) is 4.69. The van der Waals surface area contributed by atoms with E-state index in [1.807, 2.05) is 39.6 Å². The van der Waals surface area contributed by atoms with Crippen LogP contribution in [0.5, 0.6) is 0 Å². The van der Waals surface area contributed by atoms with Gasteiger partial charge < -0.3 is 4.57 Å². The molecule has 0 bridgehead atoms. The third-order valence-electron chi connectivity index (χ3n) is 3.22. The van der Waals surface area contributed by atoms with Crippen molar-refractivity contribution in [3.63, 3.8) is 0 Å². The van der Waals surface area contributed by atoms with Gasteiger partial charge in [0.05, 0.1) is 11.0 Å². The van der Waals surface area contributed by atoms with E-state index in [1.54, 1.807) is 10.8 Å². The quantitative estimate of drug-likeness (QED) is 0.437. The van der Waals surface area contributed by atoms with Gasteiger partial charge in [-0.3, -0.25) is 9.78 Å². The molecular weight excluding hydrogens is 344 g/mol. The number of fused-ring (bicyclic) bond motifs is 2. The van der Waals surface area contributed by atoms with E-state index in [1.165, 1.54) is 0 Å². The van der Waals surface area contributed by atoms with Crippen molar-refractivity contribution in [2.24, 2.45) is 0 Å². The van der Waals surface area contributed by atoms with Gasteiger partial charge in [-0.25, -0.2) is 9.78 Å². The largest absolute Gasteiger partial charge is 0.349 e. The van der Waals surface area contributed by atoms with Gasteiger partial charge in [0.1, 0.15) is 0 Å². The molecule has 8 heteroatoms. The van der Waals surface area contributed by atoms with Crippen LogP contribution in [0.2, 0.25) is 0 Å². The molecule has 126 valence electrons. The van der Waals surface area contributed by atoms with Gasteiger partial charge in [0.25, 0.3) is 5.56 Å². The Hall–Kier alpha value is -1.80. The zero-order valence-corrected chi connectivity index (χ0v) is 15.3. The van der Waals surface area contributed by atoms with Crippen LogP contribution in [-0.4, -0.2) is 30.0 Å². The molecule has 0 saturated heterocycles. The van der Waals surface area contributed by atoms with Gasteiger partial charge in [-0.05, 0) is 12.1 Å². The number of aromatic nitrogens is 4. The maximum Gasteiger partial charge on any atom is 0.349 e. The molecule has 3 rings (SSSR count). The number of H-pyrrole nitrogens is 1. The fourth-order valence-electron chi connectivity index (χ4n) is 2.32. The Morgan fingerprint density at radius 3 is 2.67 bits per heavy atom. The van der Waals surface area contributed by atoms with Crippen molar-refractivity contribution in [3.05, 3.63) is 45.1 Å². The summed E-state index contributed by atoms with van der Waals surface area (Å²) in [5.74, 6) is 1.17. The summed E-state index contributed by atoms with van der Waals surface area (Å²) in [4.78, 5) is 34.3. The molecule has 0 fully saturated rings. The van der Waals surface area contributed by atoms with Crippen LogP contribution < -0.4 is 11.2 Å². The normalized spacial score (nSPS) is 12.1. The van der Waals surface area contributed by atoms with Gasteiger partial charge in [0.2, 0.25) is 0 Å². The molecule has 0 amide bonds. The van der Waals surface area contributed by atoms with Crippen molar-refractivity contribution in [2.75, 3.05) is 5.75 Å². The van der Waals surface area contributed by atoms with Crippen LogP contribution in [0.15, 0.2) is 33.9 Å². The van der Waals surface area contributed by atoms with E-state index >= 15 is 0 Å². The molecule has 0 atom stereocenters. The lowest BCUT2D eigenvalue weighted by molar-refractivity contribution is 0.768. The number of hydrogen-bond acceptors (Lipinski definition) is 6. The number of para-hydroxylation sites is 2. The average molecular weight is 362 g/mol. The first-order chi connectivity index (χ1) is 11.3.